The maximum Gasteiger partial charge on any atom is 0.191 e. The van der Waals surface area contributed by atoms with Crippen LogP contribution >= 0.6 is 0 Å². The fraction of sp³-hybridized carbons (Fsp3) is 0.793. The van der Waals surface area contributed by atoms with Crippen molar-refractivity contribution >= 4 is 5.78 Å². The van der Waals surface area contributed by atoms with E-state index in [9.17, 15) is 24.9 Å². The normalized spacial score (nSPS) is 39.0. The lowest BCUT2D eigenvalue weighted by Gasteiger charge is -2.60. The van der Waals surface area contributed by atoms with Crippen LogP contribution in [0, 0.1) is 43.4 Å². The molecule has 2 saturated heterocycles. The number of hydrogen-bond acceptors (Lipinski definition) is 8. The summed E-state index contributed by atoms with van der Waals surface area (Å²) in [5.41, 5.74) is 0.739. The van der Waals surface area contributed by atoms with Crippen LogP contribution < -0.4 is 5.43 Å². The highest BCUT2D eigenvalue weighted by molar-refractivity contribution is 5.85. The van der Waals surface area contributed by atoms with Crippen LogP contribution in [0.3, 0.4) is 0 Å². The molecule has 0 saturated carbocycles. The van der Waals surface area contributed by atoms with Gasteiger partial charge in [0.05, 0.1) is 30.1 Å². The molecule has 0 unspecified atom stereocenters. The number of aliphatic hydroxyl groups is 3. The van der Waals surface area contributed by atoms with Gasteiger partial charge in [0, 0.05) is 41.2 Å². The van der Waals surface area contributed by atoms with E-state index < -0.39 is 59.5 Å². The van der Waals surface area contributed by atoms with E-state index in [0.29, 0.717) is 29.7 Å². The van der Waals surface area contributed by atoms with Gasteiger partial charge in [-0.15, -0.1) is 0 Å². The van der Waals surface area contributed by atoms with Crippen LogP contribution in [0.15, 0.2) is 9.21 Å². The first-order chi connectivity index (χ1) is 17.1. The summed E-state index contributed by atoms with van der Waals surface area (Å²) in [6.07, 6.45) is -1.45. The molecule has 8 heteroatoms. The lowest BCUT2D eigenvalue weighted by molar-refractivity contribution is -0.450. The molecular formula is C29H46O8. The van der Waals surface area contributed by atoms with Gasteiger partial charge in [0.15, 0.2) is 17.0 Å². The van der Waals surface area contributed by atoms with Crippen LogP contribution in [0.4, 0.5) is 0 Å². The van der Waals surface area contributed by atoms with Crippen molar-refractivity contribution in [3.05, 3.63) is 32.9 Å². The molecule has 1 spiro atoms. The first-order valence-corrected chi connectivity index (χ1v) is 13.7. The largest absolute Gasteiger partial charge is 0.465 e. The van der Waals surface area contributed by atoms with Crippen LogP contribution in [0.5, 0.6) is 0 Å². The maximum atomic E-state index is 13.6. The van der Waals surface area contributed by atoms with Crippen LogP contribution in [0.2, 0.25) is 0 Å². The number of ether oxygens (including phenoxy) is 2. The standard InChI is InChI=1S/C29H46O8/c1-11-21(30)13(3)26-16(6)24(32)18(8)29(36-26)19(9)25(33)17(7)28(34,37-29)20(10)27-15(5)23(31)14(4)22(12-2)35-27/h13,16-21,25-26,30,33-34H,11-12H2,1-10H3/t13-,16-,17-,18+,19+,20-,21-,25+,26+,28-,29-/m1/s1. The Labute approximate surface area is 220 Å². The van der Waals surface area contributed by atoms with E-state index in [1.807, 2.05) is 20.8 Å². The third-order valence-corrected chi connectivity index (χ3v) is 9.51. The summed E-state index contributed by atoms with van der Waals surface area (Å²) < 4.78 is 19.3. The second kappa shape index (κ2) is 10.5. The quantitative estimate of drug-likeness (QED) is 0.517. The minimum atomic E-state index is -2.01. The van der Waals surface area contributed by atoms with Crippen LogP contribution in [-0.2, 0) is 20.7 Å². The van der Waals surface area contributed by atoms with Crippen LogP contribution in [0.25, 0.3) is 0 Å². The highest BCUT2D eigenvalue weighted by Gasteiger charge is 2.66. The number of aliphatic hydroxyl groups excluding tert-OH is 2. The lowest BCUT2D eigenvalue weighted by atomic mass is 9.67. The Morgan fingerprint density at radius 1 is 1.00 bits per heavy atom. The molecule has 0 bridgehead atoms. The highest BCUT2D eigenvalue weighted by Crippen LogP contribution is 2.54. The molecule has 8 nitrogen and oxygen atoms in total. The zero-order valence-electron chi connectivity index (χ0n) is 24.0. The molecule has 210 valence electrons. The topological polar surface area (TPSA) is 126 Å². The van der Waals surface area contributed by atoms with Gasteiger partial charge in [0.1, 0.15) is 17.3 Å². The van der Waals surface area contributed by atoms with Gasteiger partial charge in [0.2, 0.25) is 0 Å². The van der Waals surface area contributed by atoms with E-state index in [-0.39, 0.29) is 22.9 Å². The monoisotopic (exact) mass is 522 g/mol. The van der Waals surface area contributed by atoms with Crippen LogP contribution in [-0.4, -0.2) is 51.0 Å². The number of rotatable bonds is 6. The van der Waals surface area contributed by atoms with E-state index >= 15 is 0 Å². The molecule has 0 radical (unpaired) electrons. The minimum absolute atomic E-state index is 0.110. The Bertz CT molecular complexity index is 1060. The Morgan fingerprint density at radius 2 is 1.59 bits per heavy atom. The third-order valence-electron chi connectivity index (χ3n) is 9.51. The number of carbonyl (C=O) groups is 1. The fourth-order valence-electron chi connectivity index (χ4n) is 6.52. The van der Waals surface area contributed by atoms with Gasteiger partial charge in [-0.2, -0.15) is 0 Å². The summed E-state index contributed by atoms with van der Waals surface area (Å²) in [5, 5.41) is 34.2. The van der Waals surface area contributed by atoms with Crippen molar-refractivity contribution in [1.29, 1.82) is 0 Å². The second-order valence-corrected chi connectivity index (χ2v) is 11.5. The van der Waals surface area contributed by atoms with Crippen molar-refractivity contribution in [2.24, 2.45) is 29.6 Å². The van der Waals surface area contributed by atoms with Crippen molar-refractivity contribution in [3.8, 4) is 0 Å². The molecule has 2 aliphatic rings. The zero-order chi connectivity index (χ0) is 28.2. The molecule has 2 aliphatic heterocycles. The number of aryl methyl sites for hydroxylation is 1. The van der Waals surface area contributed by atoms with E-state index in [1.165, 1.54) is 0 Å². The van der Waals surface area contributed by atoms with Gasteiger partial charge in [-0.1, -0.05) is 55.4 Å². The molecule has 2 fully saturated rings. The van der Waals surface area contributed by atoms with Gasteiger partial charge in [-0.25, -0.2) is 0 Å². The summed E-state index contributed by atoms with van der Waals surface area (Å²) in [4.78, 5) is 26.5. The van der Waals surface area contributed by atoms with Crippen molar-refractivity contribution in [1.82, 2.24) is 0 Å². The first-order valence-electron chi connectivity index (χ1n) is 13.7. The average Bonchev–Trinajstić information content (AvgIpc) is 2.88. The SMILES string of the molecule is CCc1oc([C@@H](C)[C@]2(O)O[C@@]3(O[C@@H]([C@H](C)[C@H](O)CC)[C@H](C)C(=O)[C@@H]3C)[C@@H](C)[C@@H](O)[C@H]2C)c(C)c(=O)c1C. The highest BCUT2D eigenvalue weighted by atomic mass is 16.8. The summed E-state index contributed by atoms with van der Waals surface area (Å²) in [6, 6.07) is 0. The number of carbonyl (C=O) groups excluding carboxylic acids is 1. The first kappa shape index (κ1) is 30.0. The van der Waals surface area contributed by atoms with Gasteiger partial charge in [-0.3, -0.25) is 9.59 Å². The van der Waals surface area contributed by atoms with E-state index in [0.717, 1.165) is 0 Å². The van der Waals surface area contributed by atoms with Gasteiger partial charge in [0.25, 0.3) is 0 Å². The van der Waals surface area contributed by atoms with E-state index in [1.54, 1.807) is 48.5 Å². The van der Waals surface area contributed by atoms with E-state index in [4.69, 9.17) is 13.9 Å². The third kappa shape index (κ3) is 4.52. The molecule has 3 heterocycles. The fourth-order valence-corrected chi connectivity index (χ4v) is 6.52. The zero-order valence-corrected chi connectivity index (χ0v) is 24.0. The summed E-state index contributed by atoms with van der Waals surface area (Å²) in [5.74, 6) is -6.93. The molecule has 3 rings (SSSR count). The van der Waals surface area contributed by atoms with Crippen molar-refractivity contribution in [3.63, 3.8) is 0 Å². The summed E-state index contributed by atoms with van der Waals surface area (Å²) >= 11 is 0. The predicted molar refractivity (Wildman–Crippen MR) is 139 cm³/mol. The molecule has 3 N–H and O–H groups in total. The second-order valence-electron chi connectivity index (χ2n) is 11.5. The Balaban J connectivity index is 2.16. The Morgan fingerprint density at radius 3 is 2.14 bits per heavy atom. The van der Waals surface area contributed by atoms with Gasteiger partial charge < -0.3 is 29.2 Å². The molecule has 37 heavy (non-hydrogen) atoms. The van der Waals surface area contributed by atoms with Crippen molar-refractivity contribution < 1.29 is 34.0 Å². The summed E-state index contributed by atoms with van der Waals surface area (Å²) in [7, 11) is 0. The Kier molecular flexibility index (Phi) is 8.53. The molecule has 0 aromatic carbocycles. The molecular weight excluding hydrogens is 476 g/mol. The number of hydrogen-bond donors (Lipinski definition) is 3. The molecule has 1 aromatic heterocycles. The van der Waals surface area contributed by atoms with Crippen molar-refractivity contribution in [2.45, 2.75) is 118 Å². The smallest absolute Gasteiger partial charge is 0.191 e. The summed E-state index contributed by atoms with van der Waals surface area (Å²) in [6.45, 7) is 17.6. The van der Waals surface area contributed by atoms with Crippen LogP contribution in [0.1, 0.15) is 90.4 Å². The van der Waals surface area contributed by atoms with Gasteiger partial charge in [-0.05, 0) is 20.3 Å². The number of ketones is 1. The molecule has 0 aliphatic carbocycles. The molecule has 1 aromatic rings. The molecule has 0 amide bonds. The maximum absolute atomic E-state index is 13.6. The average molecular weight is 523 g/mol. The Hall–Kier alpha value is -1.58. The van der Waals surface area contributed by atoms with Crippen molar-refractivity contribution in [2.75, 3.05) is 0 Å². The number of Topliss-reactive ketones (excluding diaryl/α,β-unsaturated/α-hetero) is 1. The minimum Gasteiger partial charge on any atom is -0.465 e. The molecule has 11 atom stereocenters. The lowest BCUT2D eigenvalue weighted by Crippen LogP contribution is -2.72. The van der Waals surface area contributed by atoms with Gasteiger partial charge >= 0.3 is 0 Å². The van der Waals surface area contributed by atoms with E-state index in [2.05, 4.69) is 0 Å². The predicted octanol–water partition coefficient (Wildman–Crippen LogP) is 3.62.